The summed E-state index contributed by atoms with van der Waals surface area (Å²) in [6, 6.07) is 5.66. The SMILES string of the molecule is CN(C)C(=O)CS(=O)c1ccc(C(=O)O)cc1. The van der Waals surface area contributed by atoms with Crippen LogP contribution in [0.4, 0.5) is 0 Å². The topological polar surface area (TPSA) is 74.7 Å². The van der Waals surface area contributed by atoms with Gasteiger partial charge < -0.3 is 10.0 Å². The van der Waals surface area contributed by atoms with Crippen molar-refractivity contribution >= 4 is 22.7 Å². The second kappa shape index (κ2) is 5.58. The molecular formula is C11H13NO4S. The van der Waals surface area contributed by atoms with Gasteiger partial charge in [0, 0.05) is 19.0 Å². The van der Waals surface area contributed by atoms with Gasteiger partial charge in [-0.25, -0.2) is 4.79 Å². The zero-order chi connectivity index (χ0) is 13.0. The van der Waals surface area contributed by atoms with E-state index < -0.39 is 16.8 Å². The first kappa shape index (κ1) is 13.4. The number of carbonyl (C=O) groups is 2. The van der Waals surface area contributed by atoms with Crippen molar-refractivity contribution in [2.24, 2.45) is 0 Å². The molecule has 0 aliphatic carbocycles. The molecule has 1 rings (SSSR count). The summed E-state index contributed by atoms with van der Waals surface area (Å²) in [4.78, 5) is 23.8. The summed E-state index contributed by atoms with van der Waals surface area (Å²) in [7, 11) is 1.74. The minimum absolute atomic E-state index is 0.0978. The molecule has 17 heavy (non-hydrogen) atoms. The Kier molecular flexibility index (Phi) is 4.39. The molecule has 0 saturated heterocycles. The molecule has 1 amide bonds. The summed E-state index contributed by atoms with van der Waals surface area (Å²) in [6.45, 7) is 0. The average molecular weight is 255 g/mol. The fourth-order valence-corrected chi connectivity index (χ4v) is 2.16. The summed E-state index contributed by atoms with van der Waals surface area (Å²) >= 11 is 0. The van der Waals surface area contributed by atoms with Crippen LogP contribution in [0.15, 0.2) is 29.2 Å². The van der Waals surface area contributed by atoms with Gasteiger partial charge in [-0.05, 0) is 24.3 Å². The molecule has 92 valence electrons. The number of benzene rings is 1. The van der Waals surface area contributed by atoms with Crippen molar-refractivity contribution in [1.29, 1.82) is 0 Å². The Labute approximate surface area is 102 Å². The average Bonchev–Trinajstić information content (AvgIpc) is 2.28. The van der Waals surface area contributed by atoms with Crippen molar-refractivity contribution in [3.05, 3.63) is 29.8 Å². The van der Waals surface area contributed by atoms with Crippen LogP contribution < -0.4 is 0 Å². The van der Waals surface area contributed by atoms with Crippen LogP contribution in [0, 0.1) is 0 Å². The number of amides is 1. The van der Waals surface area contributed by atoms with Crippen molar-refractivity contribution in [2.45, 2.75) is 4.90 Å². The van der Waals surface area contributed by atoms with Crippen molar-refractivity contribution in [3.63, 3.8) is 0 Å². The molecular weight excluding hydrogens is 242 g/mol. The molecule has 1 aromatic carbocycles. The van der Waals surface area contributed by atoms with Crippen molar-refractivity contribution in [3.8, 4) is 0 Å². The summed E-state index contributed by atoms with van der Waals surface area (Å²) in [5.74, 6) is -1.36. The largest absolute Gasteiger partial charge is 0.478 e. The second-order valence-corrected chi connectivity index (χ2v) is 5.06. The molecule has 1 atom stereocenters. The molecule has 1 unspecified atom stereocenters. The number of carbonyl (C=O) groups excluding carboxylic acids is 1. The van der Waals surface area contributed by atoms with Crippen LogP contribution in [-0.2, 0) is 15.6 Å². The lowest BCUT2D eigenvalue weighted by atomic mass is 10.2. The zero-order valence-electron chi connectivity index (χ0n) is 9.54. The molecule has 0 bridgehead atoms. The van der Waals surface area contributed by atoms with Crippen molar-refractivity contribution in [2.75, 3.05) is 19.8 Å². The number of rotatable bonds is 4. The summed E-state index contributed by atoms with van der Waals surface area (Å²) in [5.41, 5.74) is 0.129. The maximum Gasteiger partial charge on any atom is 0.335 e. The third-order valence-electron chi connectivity index (χ3n) is 2.12. The highest BCUT2D eigenvalue weighted by atomic mass is 32.2. The first-order chi connectivity index (χ1) is 7.91. The molecule has 0 saturated carbocycles. The summed E-state index contributed by atoms with van der Waals surface area (Å²) in [5, 5.41) is 8.70. The Hall–Kier alpha value is -1.69. The van der Waals surface area contributed by atoms with Gasteiger partial charge in [0.05, 0.1) is 16.4 Å². The minimum Gasteiger partial charge on any atom is -0.478 e. The van der Waals surface area contributed by atoms with E-state index in [1.807, 2.05) is 0 Å². The van der Waals surface area contributed by atoms with E-state index in [0.717, 1.165) is 0 Å². The van der Waals surface area contributed by atoms with E-state index in [1.165, 1.54) is 29.2 Å². The van der Waals surface area contributed by atoms with Crippen LogP contribution in [0.25, 0.3) is 0 Å². The van der Waals surface area contributed by atoms with E-state index >= 15 is 0 Å². The highest BCUT2D eigenvalue weighted by molar-refractivity contribution is 7.85. The standard InChI is InChI=1S/C11H13NO4S/c1-12(2)10(13)7-17(16)9-5-3-8(4-6-9)11(14)15/h3-6H,7H2,1-2H3,(H,14,15). The minimum atomic E-state index is -1.44. The molecule has 6 heteroatoms. The molecule has 1 aromatic rings. The highest BCUT2D eigenvalue weighted by Crippen LogP contribution is 2.09. The number of carboxylic acid groups (broad SMARTS) is 1. The lowest BCUT2D eigenvalue weighted by molar-refractivity contribution is -0.125. The van der Waals surface area contributed by atoms with Crippen LogP contribution in [-0.4, -0.2) is 45.9 Å². The molecule has 0 aliphatic heterocycles. The Morgan fingerprint density at radius 1 is 1.24 bits per heavy atom. The van der Waals surface area contributed by atoms with Crippen LogP contribution in [0.5, 0.6) is 0 Å². The van der Waals surface area contributed by atoms with E-state index in [0.29, 0.717) is 4.90 Å². The third-order valence-corrected chi connectivity index (χ3v) is 3.42. The van der Waals surface area contributed by atoms with Gasteiger partial charge in [-0.1, -0.05) is 0 Å². The molecule has 0 fully saturated rings. The molecule has 5 nitrogen and oxygen atoms in total. The number of hydrogen-bond acceptors (Lipinski definition) is 3. The molecule has 0 spiro atoms. The summed E-state index contributed by atoms with van der Waals surface area (Å²) in [6.07, 6.45) is 0. The number of hydrogen-bond donors (Lipinski definition) is 1. The lowest BCUT2D eigenvalue weighted by Gasteiger charge is -2.09. The van der Waals surface area contributed by atoms with Crippen LogP contribution >= 0.6 is 0 Å². The van der Waals surface area contributed by atoms with E-state index in [2.05, 4.69) is 0 Å². The highest BCUT2D eigenvalue weighted by Gasteiger charge is 2.12. The fraction of sp³-hybridized carbons (Fsp3) is 0.273. The van der Waals surface area contributed by atoms with Gasteiger partial charge in [0.2, 0.25) is 5.91 Å². The monoisotopic (exact) mass is 255 g/mol. The fourth-order valence-electron chi connectivity index (χ4n) is 1.07. The molecule has 0 heterocycles. The quantitative estimate of drug-likeness (QED) is 0.854. The van der Waals surface area contributed by atoms with Crippen molar-refractivity contribution < 1.29 is 18.9 Å². The third kappa shape index (κ3) is 3.67. The van der Waals surface area contributed by atoms with Gasteiger partial charge in [-0.3, -0.25) is 9.00 Å². The number of aromatic carboxylic acids is 1. The normalized spacial score (nSPS) is 11.9. The molecule has 0 aromatic heterocycles. The van der Waals surface area contributed by atoms with Gasteiger partial charge in [0.15, 0.2) is 0 Å². The first-order valence-corrected chi connectivity index (χ1v) is 6.15. The second-order valence-electron chi connectivity index (χ2n) is 3.61. The number of carboxylic acids is 1. The Bertz CT molecular complexity index is 453. The van der Waals surface area contributed by atoms with E-state index in [-0.39, 0.29) is 17.2 Å². The van der Waals surface area contributed by atoms with Gasteiger partial charge in [-0.15, -0.1) is 0 Å². The Balaban J connectivity index is 2.77. The van der Waals surface area contributed by atoms with Crippen LogP contribution in [0.3, 0.4) is 0 Å². The predicted octanol–water partition coefficient (Wildman–Crippen LogP) is 0.581. The maximum absolute atomic E-state index is 11.8. The molecule has 0 radical (unpaired) electrons. The van der Waals surface area contributed by atoms with Gasteiger partial charge >= 0.3 is 5.97 Å². The van der Waals surface area contributed by atoms with Gasteiger partial charge in [0.1, 0.15) is 5.75 Å². The lowest BCUT2D eigenvalue weighted by Crippen LogP contribution is -2.27. The molecule has 1 N–H and O–H groups in total. The van der Waals surface area contributed by atoms with Crippen LogP contribution in [0.1, 0.15) is 10.4 Å². The van der Waals surface area contributed by atoms with Gasteiger partial charge in [0.25, 0.3) is 0 Å². The predicted molar refractivity (Wildman–Crippen MR) is 63.4 cm³/mol. The number of nitrogens with zero attached hydrogens (tertiary/aromatic N) is 1. The van der Waals surface area contributed by atoms with E-state index in [9.17, 15) is 13.8 Å². The van der Waals surface area contributed by atoms with Crippen LogP contribution in [0.2, 0.25) is 0 Å². The Morgan fingerprint density at radius 2 is 1.76 bits per heavy atom. The smallest absolute Gasteiger partial charge is 0.335 e. The van der Waals surface area contributed by atoms with Crippen molar-refractivity contribution in [1.82, 2.24) is 4.90 Å². The summed E-state index contributed by atoms with van der Waals surface area (Å²) < 4.78 is 11.8. The molecule has 0 aliphatic rings. The maximum atomic E-state index is 11.8. The van der Waals surface area contributed by atoms with Gasteiger partial charge in [-0.2, -0.15) is 0 Å². The van der Waals surface area contributed by atoms with E-state index in [1.54, 1.807) is 14.1 Å². The van der Waals surface area contributed by atoms with E-state index in [4.69, 9.17) is 5.11 Å². The first-order valence-electron chi connectivity index (χ1n) is 4.83. The Morgan fingerprint density at radius 3 is 2.18 bits per heavy atom. The zero-order valence-corrected chi connectivity index (χ0v) is 10.4.